The van der Waals surface area contributed by atoms with E-state index in [1.807, 2.05) is 0 Å². The minimum atomic E-state index is -4.17. The summed E-state index contributed by atoms with van der Waals surface area (Å²) in [7, 11) is 0. The highest BCUT2D eigenvalue weighted by molar-refractivity contribution is 5.05. The molecule has 0 saturated carbocycles. The fourth-order valence-corrected chi connectivity index (χ4v) is 0.261. The van der Waals surface area contributed by atoms with E-state index in [1.54, 1.807) is 13.8 Å². The lowest BCUT2D eigenvalue weighted by Crippen LogP contribution is -2.05. The molecule has 0 aliphatic rings. The topological polar surface area (TPSA) is 0 Å². The van der Waals surface area contributed by atoms with Crippen molar-refractivity contribution < 1.29 is 13.2 Å². The fraction of sp³-hybridized carbons (Fsp3) is 0.500. The highest BCUT2D eigenvalue weighted by Crippen LogP contribution is 2.19. The van der Waals surface area contributed by atoms with Crippen LogP contribution in [-0.2, 0) is 0 Å². The minimum Gasteiger partial charge on any atom is -0.148 e. The molecule has 0 unspecified atom stereocenters. The van der Waals surface area contributed by atoms with Crippen molar-refractivity contribution in [2.24, 2.45) is 0 Å². The van der Waals surface area contributed by atoms with E-state index in [0.29, 0.717) is 5.57 Å². The molecule has 0 heterocycles. The van der Waals surface area contributed by atoms with Crippen LogP contribution in [0.1, 0.15) is 13.8 Å². The summed E-state index contributed by atoms with van der Waals surface area (Å²) in [5.74, 6) is 0. The molecule has 0 aliphatic carbocycles. The van der Waals surface area contributed by atoms with E-state index in [-0.39, 0.29) is 6.42 Å². The Kier molecular flexibility index (Phi) is 2.62. The maximum atomic E-state index is 11.3. The van der Waals surface area contributed by atoms with E-state index in [4.69, 9.17) is 0 Å². The van der Waals surface area contributed by atoms with Crippen molar-refractivity contribution in [1.82, 2.24) is 0 Å². The Morgan fingerprint density at radius 2 is 1.78 bits per heavy atom. The molecule has 0 atom stereocenters. The van der Waals surface area contributed by atoms with Gasteiger partial charge in [0.1, 0.15) is 12.5 Å². The van der Waals surface area contributed by atoms with Crippen LogP contribution in [0.4, 0.5) is 13.2 Å². The van der Waals surface area contributed by atoms with Crippen molar-refractivity contribution in [3.63, 3.8) is 0 Å². The van der Waals surface area contributed by atoms with Gasteiger partial charge in [0.15, 0.2) is 0 Å². The normalized spacial score (nSPS) is 10.8. The summed E-state index contributed by atoms with van der Waals surface area (Å²) in [6.45, 7) is 3.23. The highest BCUT2D eigenvalue weighted by atomic mass is 19.4. The van der Waals surface area contributed by atoms with Crippen molar-refractivity contribution in [1.29, 1.82) is 0 Å². The van der Waals surface area contributed by atoms with Gasteiger partial charge in [0.25, 0.3) is 0 Å². The summed E-state index contributed by atoms with van der Waals surface area (Å²) in [6, 6.07) is 0. The Bertz CT molecular complexity index is 106. The van der Waals surface area contributed by atoms with Crippen LogP contribution in [0.5, 0.6) is 0 Å². The minimum absolute atomic E-state index is 0.225. The summed E-state index contributed by atoms with van der Waals surface area (Å²) in [4.78, 5) is 0. The van der Waals surface area contributed by atoms with Gasteiger partial charge in [0, 0.05) is 19.4 Å². The monoisotopic (exact) mass is 137 g/mol. The van der Waals surface area contributed by atoms with Gasteiger partial charge in [-0.25, -0.2) is 0 Å². The van der Waals surface area contributed by atoms with Crippen molar-refractivity contribution in [3.05, 3.63) is 18.1 Å². The Labute approximate surface area is 52.4 Å². The summed E-state index contributed by atoms with van der Waals surface area (Å²) in [6.07, 6.45) is -2.90. The Balaban J connectivity index is 3.64. The first kappa shape index (κ1) is 8.40. The maximum Gasteiger partial charge on any atom is 0.483 e. The van der Waals surface area contributed by atoms with Crippen LogP contribution in [0.25, 0.3) is 0 Å². The second-order valence-corrected chi connectivity index (χ2v) is 1.95. The molecule has 0 amide bonds. The summed E-state index contributed by atoms with van der Waals surface area (Å²) in [5.41, 5.74) is 0.646. The maximum absolute atomic E-state index is 11.3. The lowest BCUT2D eigenvalue weighted by atomic mass is 10.3. The van der Waals surface area contributed by atoms with Gasteiger partial charge in [-0.3, -0.25) is 0 Å². The van der Waals surface area contributed by atoms with E-state index in [1.165, 1.54) is 0 Å². The molecule has 0 aromatic heterocycles. The second kappa shape index (κ2) is 2.80. The van der Waals surface area contributed by atoms with E-state index in [9.17, 15) is 13.2 Å². The predicted octanol–water partition coefficient (Wildman–Crippen LogP) is 2.72. The number of hydrogen-bond acceptors (Lipinski definition) is 0. The van der Waals surface area contributed by atoms with Crippen LogP contribution in [0.2, 0.25) is 0 Å². The van der Waals surface area contributed by atoms with Crippen LogP contribution in [0, 0.1) is 6.42 Å². The third-order valence-corrected chi connectivity index (χ3v) is 0.606. The van der Waals surface area contributed by atoms with Gasteiger partial charge < -0.3 is 0 Å². The summed E-state index contributed by atoms with van der Waals surface area (Å²) >= 11 is 0. The van der Waals surface area contributed by atoms with Crippen molar-refractivity contribution >= 4 is 0 Å². The van der Waals surface area contributed by atoms with Crippen LogP contribution in [-0.4, -0.2) is 6.18 Å². The van der Waals surface area contributed by atoms with Crippen LogP contribution in [0.15, 0.2) is 11.6 Å². The number of allylic oxidation sites excluding steroid dienone is 2. The predicted molar refractivity (Wildman–Crippen MR) is 29.8 cm³/mol. The van der Waals surface area contributed by atoms with Crippen LogP contribution >= 0.6 is 0 Å². The molecule has 0 N–H and O–H groups in total. The molecule has 0 radical (unpaired) electrons. The molecule has 0 fully saturated rings. The lowest BCUT2D eigenvalue weighted by Gasteiger charge is -1.92. The molecular formula is C6H8F3+. The molecule has 0 aliphatic heterocycles. The first-order valence-corrected chi connectivity index (χ1v) is 2.48. The average Bonchev–Trinajstić information content (AvgIpc) is 1.59. The zero-order valence-electron chi connectivity index (χ0n) is 5.29. The third kappa shape index (κ3) is 7.40. The molecular weight excluding hydrogens is 129 g/mol. The summed E-state index contributed by atoms with van der Waals surface area (Å²) in [5, 5.41) is 0. The SMILES string of the molecule is CC(C)=C[CH+]C(F)(F)F. The zero-order chi connectivity index (χ0) is 7.49. The molecule has 0 nitrogen and oxygen atoms in total. The largest absolute Gasteiger partial charge is 0.483 e. The quantitative estimate of drug-likeness (QED) is 0.487. The number of hydrogen-bond donors (Lipinski definition) is 0. The highest BCUT2D eigenvalue weighted by Gasteiger charge is 2.32. The van der Waals surface area contributed by atoms with Gasteiger partial charge >= 0.3 is 6.18 Å². The molecule has 0 aromatic rings. The third-order valence-electron chi connectivity index (χ3n) is 0.606. The molecule has 52 valence electrons. The van der Waals surface area contributed by atoms with Gasteiger partial charge in [-0.1, -0.05) is 0 Å². The fourth-order valence-electron chi connectivity index (χ4n) is 0.261. The van der Waals surface area contributed by atoms with Crippen molar-refractivity contribution in [2.45, 2.75) is 20.0 Å². The van der Waals surface area contributed by atoms with Gasteiger partial charge in [-0.2, -0.15) is 0 Å². The Morgan fingerprint density at radius 3 is 1.89 bits per heavy atom. The molecule has 9 heavy (non-hydrogen) atoms. The molecule has 0 saturated heterocycles. The van der Waals surface area contributed by atoms with E-state index >= 15 is 0 Å². The molecule has 0 spiro atoms. The zero-order valence-corrected chi connectivity index (χ0v) is 5.29. The Morgan fingerprint density at radius 1 is 1.33 bits per heavy atom. The standard InChI is InChI=1S/C6H8F3/c1-5(2)3-4-6(7,8)9/h3-4H,1-2H3/q+1. The molecule has 3 heteroatoms. The van der Waals surface area contributed by atoms with E-state index in [0.717, 1.165) is 6.08 Å². The first-order valence-electron chi connectivity index (χ1n) is 2.48. The second-order valence-electron chi connectivity index (χ2n) is 1.95. The lowest BCUT2D eigenvalue weighted by molar-refractivity contribution is -0.0920. The van der Waals surface area contributed by atoms with Crippen LogP contribution < -0.4 is 0 Å². The van der Waals surface area contributed by atoms with Crippen molar-refractivity contribution in [2.75, 3.05) is 0 Å². The molecule has 0 rings (SSSR count). The smallest absolute Gasteiger partial charge is 0.148 e. The average molecular weight is 137 g/mol. The van der Waals surface area contributed by atoms with E-state index < -0.39 is 6.18 Å². The summed E-state index contributed by atoms with van der Waals surface area (Å²) < 4.78 is 33.9. The van der Waals surface area contributed by atoms with Crippen molar-refractivity contribution in [3.8, 4) is 0 Å². The van der Waals surface area contributed by atoms with Crippen LogP contribution in [0.3, 0.4) is 0 Å². The van der Waals surface area contributed by atoms with E-state index in [2.05, 4.69) is 0 Å². The van der Waals surface area contributed by atoms with Gasteiger partial charge in [-0.15, -0.1) is 13.2 Å². The van der Waals surface area contributed by atoms with Gasteiger partial charge in [-0.05, 0) is 0 Å². The van der Waals surface area contributed by atoms with Gasteiger partial charge in [0.2, 0.25) is 0 Å². The Hall–Kier alpha value is -0.600. The number of alkyl halides is 3. The molecule has 0 aromatic carbocycles. The number of rotatable bonds is 1. The van der Waals surface area contributed by atoms with Gasteiger partial charge in [0.05, 0.1) is 0 Å². The first-order chi connectivity index (χ1) is 3.92. The molecule has 0 bridgehead atoms. The number of halogens is 3.